The number of halogens is 1. The van der Waals surface area contributed by atoms with Crippen molar-refractivity contribution in [1.82, 2.24) is 0 Å². The fourth-order valence-electron chi connectivity index (χ4n) is 1.18. The molecule has 0 aromatic heterocycles. The molecule has 88 valence electrons. The van der Waals surface area contributed by atoms with Gasteiger partial charge in [0.15, 0.2) is 0 Å². The Balaban J connectivity index is 3.09. The number of nitro benzene ring substituents is 1. The first-order valence-electron chi connectivity index (χ1n) is 4.78. The zero-order valence-electron chi connectivity index (χ0n) is 9.16. The van der Waals surface area contributed by atoms with Gasteiger partial charge in [-0.05, 0) is 48.6 Å². The number of nitrogens with one attached hydrogen (secondary N) is 1. The molecule has 1 rings (SSSR count). The Bertz CT molecular complexity index is 407. The van der Waals surface area contributed by atoms with Gasteiger partial charge in [-0.3, -0.25) is 10.1 Å². The van der Waals surface area contributed by atoms with Gasteiger partial charge in [-0.2, -0.15) is 0 Å². The Labute approximate surface area is 108 Å². The highest BCUT2D eigenvalue weighted by molar-refractivity contribution is 14.1. The van der Waals surface area contributed by atoms with Crippen LogP contribution in [0.5, 0.6) is 0 Å². The largest absolute Gasteiger partial charge is 0.373 e. The molecule has 0 aliphatic carbocycles. The highest BCUT2D eigenvalue weighted by Crippen LogP contribution is 2.28. The number of nitrogens with two attached hydrogens (primary N) is 1. The van der Waals surface area contributed by atoms with Crippen molar-refractivity contribution in [2.24, 2.45) is 5.73 Å². The molecule has 16 heavy (non-hydrogen) atoms. The predicted molar refractivity (Wildman–Crippen MR) is 72.6 cm³/mol. The minimum Gasteiger partial charge on any atom is -0.373 e. The minimum atomic E-state index is -0.392. The lowest BCUT2D eigenvalue weighted by atomic mass is 10.1. The van der Waals surface area contributed by atoms with E-state index in [-0.39, 0.29) is 11.2 Å². The number of benzene rings is 1. The highest BCUT2D eigenvalue weighted by atomic mass is 127. The first-order valence-corrected chi connectivity index (χ1v) is 5.86. The monoisotopic (exact) mass is 335 g/mol. The highest BCUT2D eigenvalue weighted by Gasteiger charge is 2.21. The molecule has 6 heteroatoms. The lowest BCUT2D eigenvalue weighted by Crippen LogP contribution is -2.39. The second kappa shape index (κ2) is 4.96. The van der Waals surface area contributed by atoms with Gasteiger partial charge in [0.1, 0.15) is 5.69 Å². The third kappa shape index (κ3) is 3.31. The third-order valence-electron chi connectivity index (χ3n) is 2.14. The van der Waals surface area contributed by atoms with E-state index in [2.05, 4.69) is 5.32 Å². The normalized spacial score (nSPS) is 11.2. The Hall–Kier alpha value is -0.890. The van der Waals surface area contributed by atoms with Gasteiger partial charge >= 0.3 is 0 Å². The number of hydrogen-bond acceptors (Lipinski definition) is 4. The molecular formula is C10H14IN3O2. The van der Waals surface area contributed by atoms with Gasteiger partial charge in [0.2, 0.25) is 0 Å². The van der Waals surface area contributed by atoms with E-state index in [1.807, 2.05) is 42.5 Å². The predicted octanol–water partition coefficient (Wildman–Crippen LogP) is 2.35. The van der Waals surface area contributed by atoms with Crippen LogP contribution in [-0.4, -0.2) is 17.0 Å². The second-order valence-corrected chi connectivity index (χ2v) is 5.38. The van der Waals surface area contributed by atoms with E-state index < -0.39 is 4.92 Å². The number of hydrogen-bond donors (Lipinski definition) is 2. The minimum absolute atomic E-state index is 0.0772. The fourth-order valence-corrected chi connectivity index (χ4v) is 1.65. The van der Waals surface area contributed by atoms with Crippen LogP contribution in [0.25, 0.3) is 0 Å². The fraction of sp³-hybridized carbons (Fsp3) is 0.400. The number of rotatable bonds is 4. The molecule has 0 atom stereocenters. The molecule has 3 N–H and O–H groups in total. The standard InChI is InChI=1S/C10H14IN3O2/c1-10(2,6-12)13-8-4-3-7(11)5-9(8)14(15)16/h3-5,13H,6,12H2,1-2H3. The quantitative estimate of drug-likeness (QED) is 0.503. The second-order valence-electron chi connectivity index (χ2n) is 4.13. The maximum atomic E-state index is 10.9. The van der Waals surface area contributed by atoms with E-state index in [4.69, 9.17) is 5.73 Å². The van der Waals surface area contributed by atoms with Crippen molar-refractivity contribution in [3.63, 3.8) is 0 Å². The Morgan fingerprint density at radius 3 is 2.69 bits per heavy atom. The van der Waals surface area contributed by atoms with Crippen molar-refractivity contribution in [2.75, 3.05) is 11.9 Å². The first-order chi connectivity index (χ1) is 7.35. The van der Waals surface area contributed by atoms with Gasteiger partial charge in [-0.25, -0.2) is 0 Å². The van der Waals surface area contributed by atoms with E-state index in [1.54, 1.807) is 6.07 Å². The summed E-state index contributed by atoms with van der Waals surface area (Å²) in [4.78, 5) is 10.5. The van der Waals surface area contributed by atoms with Crippen LogP contribution in [0.3, 0.4) is 0 Å². The van der Waals surface area contributed by atoms with Crippen molar-refractivity contribution < 1.29 is 4.92 Å². The summed E-state index contributed by atoms with van der Waals surface area (Å²) < 4.78 is 0.834. The van der Waals surface area contributed by atoms with Crippen LogP contribution in [-0.2, 0) is 0 Å². The SMILES string of the molecule is CC(C)(CN)Nc1ccc(I)cc1[N+](=O)[O-]. The van der Waals surface area contributed by atoms with E-state index in [1.165, 1.54) is 6.07 Å². The van der Waals surface area contributed by atoms with Gasteiger partial charge in [0, 0.05) is 21.7 Å². The lowest BCUT2D eigenvalue weighted by Gasteiger charge is -2.25. The lowest BCUT2D eigenvalue weighted by molar-refractivity contribution is -0.384. The zero-order chi connectivity index (χ0) is 12.3. The van der Waals surface area contributed by atoms with E-state index in [9.17, 15) is 10.1 Å². The Morgan fingerprint density at radius 1 is 1.56 bits per heavy atom. The molecule has 0 radical (unpaired) electrons. The van der Waals surface area contributed by atoms with Crippen LogP contribution in [0.15, 0.2) is 18.2 Å². The molecule has 0 unspecified atom stereocenters. The number of nitro groups is 1. The molecule has 0 saturated carbocycles. The van der Waals surface area contributed by atoms with Crippen molar-refractivity contribution in [2.45, 2.75) is 19.4 Å². The van der Waals surface area contributed by atoms with E-state index in [0.717, 1.165) is 3.57 Å². The summed E-state index contributed by atoms with van der Waals surface area (Å²) in [6.07, 6.45) is 0. The van der Waals surface area contributed by atoms with Gasteiger partial charge < -0.3 is 11.1 Å². The number of nitrogens with zero attached hydrogens (tertiary/aromatic N) is 1. The van der Waals surface area contributed by atoms with Crippen molar-refractivity contribution in [3.8, 4) is 0 Å². The van der Waals surface area contributed by atoms with Gasteiger partial charge in [-0.1, -0.05) is 0 Å². The molecular weight excluding hydrogens is 321 g/mol. The topological polar surface area (TPSA) is 81.2 Å². The summed E-state index contributed by atoms with van der Waals surface area (Å²) in [5, 5.41) is 14.0. The van der Waals surface area contributed by atoms with Crippen LogP contribution in [0, 0.1) is 13.7 Å². The van der Waals surface area contributed by atoms with E-state index in [0.29, 0.717) is 12.2 Å². The first kappa shape index (κ1) is 13.2. The molecule has 5 nitrogen and oxygen atoms in total. The van der Waals surface area contributed by atoms with Crippen LogP contribution in [0.1, 0.15) is 13.8 Å². The summed E-state index contributed by atoms with van der Waals surface area (Å²) >= 11 is 2.05. The van der Waals surface area contributed by atoms with Crippen LogP contribution < -0.4 is 11.1 Å². The molecule has 1 aromatic carbocycles. The van der Waals surface area contributed by atoms with Crippen LogP contribution >= 0.6 is 22.6 Å². The smallest absolute Gasteiger partial charge is 0.293 e. The molecule has 0 spiro atoms. The summed E-state index contributed by atoms with van der Waals surface area (Å²) in [5.41, 5.74) is 5.79. The Kier molecular flexibility index (Phi) is 4.09. The van der Waals surface area contributed by atoms with Crippen molar-refractivity contribution in [3.05, 3.63) is 31.9 Å². The van der Waals surface area contributed by atoms with Crippen molar-refractivity contribution >= 4 is 34.0 Å². The summed E-state index contributed by atoms with van der Waals surface area (Å²) in [6.45, 7) is 4.19. The molecule has 0 fully saturated rings. The Morgan fingerprint density at radius 2 is 2.19 bits per heavy atom. The molecule has 0 amide bonds. The van der Waals surface area contributed by atoms with Gasteiger partial charge in [-0.15, -0.1) is 0 Å². The van der Waals surface area contributed by atoms with Gasteiger partial charge in [0.25, 0.3) is 5.69 Å². The van der Waals surface area contributed by atoms with Gasteiger partial charge in [0.05, 0.1) is 4.92 Å². The maximum Gasteiger partial charge on any atom is 0.293 e. The molecule has 0 aliphatic rings. The summed E-state index contributed by atoms with van der Waals surface area (Å²) in [7, 11) is 0. The summed E-state index contributed by atoms with van der Waals surface area (Å²) in [6, 6.07) is 5.06. The average Bonchev–Trinajstić information content (AvgIpc) is 2.20. The van der Waals surface area contributed by atoms with Crippen molar-refractivity contribution in [1.29, 1.82) is 0 Å². The van der Waals surface area contributed by atoms with Crippen LogP contribution in [0.2, 0.25) is 0 Å². The zero-order valence-corrected chi connectivity index (χ0v) is 11.3. The van der Waals surface area contributed by atoms with Crippen LogP contribution in [0.4, 0.5) is 11.4 Å². The van der Waals surface area contributed by atoms with E-state index >= 15 is 0 Å². The third-order valence-corrected chi connectivity index (χ3v) is 2.81. The average molecular weight is 335 g/mol. The molecule has 1 aromatic rings. The molecule has 0 aliphatic heterocycles. The summed E-state index contributed by atoms with van der Waals surface area (Å²) in [5.74, 6) is 0. The maximum absolute atomic E-state index is 10.9. The molecule has 0 heterocycles. The molecule has 0 bridgehead atoms. The molecule has 0 saturated heterocycles. The number of anilines is 1.